The van der Waals surface area contributed by atoms with Crippen LogP contribution >= 0.6 is 0 Å². The minimum atomic E-state index is -0.326. The molecule has 0 aliphatic carbocycles. The molecule has 0 amide bonds. The average molecular weight is 254 g/mol. The van der Waals surface area contributed by atoms with E-state index in [2.05, 4.69) is 4.98 Å². The number of aromatic nitrogens is 1. The summed E-state index contributed by atoms with van der Waals surface area (Å²) in [6.45, 7) is 0. The number of oxazole rings is 1. The van der Waals surface area contributed by atoms with Gasteiger partial charge in [0.15, 0.2) is 11.7 Å². The third-order valence-electron chi connectivity index (χ3n) is 3.02. The number of nitrogens with two attached hydrogens (primary N) is 1. The molecule has 2 aromatic carbocycles. The zero-order chi connectivity index (χ0) is 13.2. The molecule has 0 fully saturated rings. The normalized spacial score (nSPS) is 12.7. The van der Waals surface area contributed by atoms with Crippen LogP contribution in [0.25, 0.3) is 11.1 Å². The number of rotatable bonds is 3. The average Bonchev–Trinajstić information content (AvgIpc) is 2.86. The lowest BCUT2D eigenvalue weighted by Gasteiger charge is -2.11. The summed E-state index contributed by atoms with van der Waals surface area (Å²) in [7, 11) is 1.63. The zero-order valence-electron chi connectivity index (χ0n) is 10.5. The van der Waals surface area contributed by atoms with Gasteiger partial charge in [-0.15, -0.1) is 0 Å². The number of nitrogens with zero attached hydrogens (tertiary/aromatic N) is 1. The Morgan fingerprint density at radius 3 is 2.58 bits per heavy atom. The van der Waals surface area contributed by atoms with Gasteiger partial charge in [-0.25, -0.2) is 4.98 Å². The topological polar surface area (TPSA) is 61.3 Å². The molecule has 1 aromatic heterocycles. The number of fused-ring (bicyclic) bond motifs is 1. The van der Waals surface area contributed by atoms with Crippen molar-refractivity contribution in [3.63, 3.8) is 0 Å². The van der Waals surface area contributed by atoms with Crippen LogP contribution in [0.1, 0.15) is 17.6 Å². The first-order valence-corrected chi connectivity index (χ1v) is 6.02. The molecule has 3 rings (SSSR count). The molecule has 4 heteroatoms. The van der Waals surface area contributed by atoms with E-state index in [0.717, 1.165) is 11.1 Å². The maximum Gasteiger partial charge on any atom is 0.229 e. The van der Waals surface area contributed by atoms with Crippen LogP contribution in [0.3, 0.4) is 0 Å². The van der Waals surface area contributed by atoms with Gasteiger partial charge in [0.1, 0.15) is 5.52 Å². The van der Waals surface area contributed by atoms with Crippen molar-refractivity contribution >= 4 is 16.8 Å². The van der Waals surface area contributed by atoms with E-state index in [4.69, 9.17) is 14.9 Å². The van der Waals surface area contributed by atoms with Gasteiger partial charge in [0.05, 0.1) is 5.69 Å². The maximum atomic E-state index is 5.88. The Morgan fingerprint density at radius 1 is 1.11 bits per heavy atom. The van der Waals surface area contributed by atoms with Gasteiger partial charge in [-0.3, -0.25) is 0 Å². The summed E-state index contributed by atoms with van der Waals surface area (Å²) in [6, 6.07) is 15.3. The fourth-order valence-electron chi connectivity index (χ4n) is 2.11. The Labute approximate surface area is 110 Å². The molecule has 2 N–H and O–H groups in total. The molecular formula is C15H14N2O2. The molecule has 1 unspecified atom stereocenters. The van der Waals surface area contributed by atoms with Crippen molar-refractivity contribution in [1.29, 1.82) is 0 Å². The number of hydrogen-bond acceptors (Lipinski definition) is 4. The quantitative estimate of drug-likeness (QED) is 0.729. The first-order valence-electron chi connectivity index (χ1n) is 6.02. The van der Waals surface area contributed by atoms with Crippen LogP contribution in [0.5, 0.6) is 0 Å². The number of para-hydroxylation sites is 1. The maximum absolute atomic E-state index is 5.88. The van der Waals surface area contributed by atoms with Gasteiger partial charge in [0.25, 0.3) is 0 Å². The third kappa shape index (κ3) is 2.06. The van der Waals surface area contributed by atoms with Crippen LogP contribution in [-0.2, 0) is 4.74 Å². The summed E-state index contributed by atoms with van der Waals surface area (Å²) in [5, 5.41) is 0. The molecular weight excluding hydrogens is 240 g/mol. The zero-order valence-corrected chi connectivity index (χ0v) is 10.5. The number of methoxy groups -OCH3 is 1. The Hall–Kier alpha value is -2.33. The number of anilines is 1. The highest BCUT2D eigenvalue weighted by molar-refractivity contribution is 5.84. The van der Waals surface area contributed by atoms with E-state index in [1.54, 1.807) is 13.2 Å². The van der Waals surface area contributed by atoms with Crippen LogP contribution in [0.2, 0.25) is 0 Å². The van der Waals surface area contributed by atoms with Gasteiger partial charge >= 0.3 is 0 Å². The lowest BCUT2D eigenvalue weighted by molar-refractivity contribution is 0.113. The molecule has 0 spiro atoms. The highest BCUT2D eigenvalue weighted by Crippen LogP contribution is 2.29. The van der Waals surface area contributed by atoms with E-state index < -0.39 is 0 Å². The van der Waals surface area contributed by atoms with E-state index in [9.17, 15) is 0 Å². The largest absolute Gasteiger partial charge is 0.435 e. The van der Waals surface area contributed by atoms with Gasteiger partial charge < -0.3 is 14.9 Å². The SMILES string of the molecule is COC(c1ccccc1)c1nc2cccc(N)c2o1. The van der Waals surface area contributed by atoms with Crippen molar-refractivity contribution in [2.45, 2.75) is 6.10 Å². The van der Waals surface area contributed by atoms with Gasteiger partial charge in [0, 0.05) is 7.11 Å². The number of hydrogen-bond donors (Lipinski definition) is 1. The van der Waals surface area contributed by atoms with Crippen LogP contribution in [-0.4, -0.2) is 12.1 Å². The van der Waals surface area contributed by atoms with Crippen molar-refractivity contribution in [3.05, 3.63) is 60.0 Å². The van der Waals surface area contributed by atoms with Crippen molar-refractivity contribution < 1.29 is 9.15 Å². The molecule has 0 aliphatic rings. The lowest BCUT2D eigenvalue weighted by Crippen LogP contribution is -2.03. The van der Waals surface area contributed by atoms with Crippen LogP contribution in [0.4, 0.5) is 5.69 Å². The number of benzene rings is 2. The summed E-state index contributed by atoms with van der Waals surface area (Å²) >= 11 is 0. The van der Waals surface area contributed by atoms with Crippen molar-refractivity contribution in [3.8, 4) is 0 Å². The summed E-state index contributed by atoms with van der Waals surface area (Å²) in [5.41, 5.74) is 8.80. The molecule has 1 heterocycles. The summed E-state index contributed by atoms with van der Waals surface area (Å²) in [4.78, 5) is 4.45. The highest BCUT2D eigenvalue weighted by Gasteiger charge is 2.20. The third-order valence-corrected chi connectivity index (χ3v) is 3.02. The second-order valence-corrected chi connectivity index (χ2v) is 4.27. The molecule has 0 aliphatic heterocycles. The van der Waals surface area contributed by atoms with Gasteiger partial charge in [-0.05, 0) is 17.7 Å². The first kappa shape index (κ1) is 11.7. The second kappa shape index (κ2) is 4.74. The Balaban J connectivity index is 2.09. The minimum absolute atomic E-state index is 0.326. The standard InChI is InChI=1S/C15H14N2O2/c1-18-13(10-6-3-2-4-7-10)15-17-12-9-5-8-11(16)14(12)19-15/h2-9,13H,16H2,1H3. The molecule has 0 saturated carbocycles. The predicted molar refractivity (Wildman–Crippen MR) is 73.7 cm³/mol. The molecule has 3 aromatic rings. The number of ether oxygens (including phenoxy) is 1. The van der Waals surface area contributed by atoms with Crippen molar-refractivity contribution in [2.75, 3.05) is 12.8 Å². The first-order chi connectivity index (χ1) is 9.29. The highest BCUT2D eigenvalue weighted by atomic mass is 16.5. The molecule has 0 bridgehead atoms. The van der Waals surface area contributed by atoms with Gasteiger partial charge in [0.2, 0.25) is 5.89 Å². The van der Waals surface area contributed by atoms with E-state index in [1.807, 2.05) is 42.5 Å². The molecule has 4 nitrogen and oxygen atoms in total. The van der Waals surface area contributed by atoms with Gasteiger partial charge in [-0.2, -0.15) is 0 Å². The fourth-order valence-corrected chi connectivity index (χ4v) is 2.11. The summed E-state index contributed by atoms with van der Waals surface area (Å²) < 4.78 is 11.2. The minimum Gasteiger partial charge on any atom is -0.435 e. The molecule has 0 saturated heterocycles. The van der Waals surface area contributed by atoms with E-state index in [-0.39, 0.29) is 6.10 Å². The Kier molecular flexibility index (Phi) is 2.93. The van der Waals surface area contributed by atoms with Crippen molar-refractivity contribution in [2.24, 2.45) is 0 Å². The van der Waals surface area contributed by atoms with E-state index >= 15 is 0 Å². The smallest absolute Gasteiger partial charge is 0.229 e. The number of nitrogen functional groups attached to an aromatic ring is 1. The Bertz CT molecular complexity index is 692. The summed E-state index contributed by atoms with van der Waals surface area (Å²) in [6.07, 6.45) is -0.326. The van der Waals surface area contributed by atoms with E-state index in [1.165, 1.54) is 0 Å². The van der Waals surface area contributed by atoms with Gasteiger partial charge in [-0.1, -0.05) is 36.4 Å². The summed E-state index contributed by atoms with van der Waals surface area (Å²) in [5.74, 6) is 0.515. The fraction of sp³-hybridized carbons (Fsp3) is 0.133. The molecule has 19 heavy (non-hydrogen) atoms. The molecule has 96 valence electrons. The van der Waals surface area contributed by atoms with Crippen LogP contribution in [0.15, 0.2) is 52.9 Å². The molecule has 0 radical (unpaired) electrons. The second-order valence-electron chi connectivity index (χ2n) is 4.27. The predicted octanol–water partition coefficient (Wildman–Crippen LogP) is 3.15. The van der Waals surface area contributed by atoms with Crippen molar-refractivity contribution in [1.82, 2.24) is 4.98 Å². The van der Waals surface area contributed by atoms with Crippen LogP contribution in [0, 0.1) is 0 Å². The monoisotopic (exact) mass is 254 g/mol. The van der Waals surface area contributed by atoms with Crippen LogP contribution < -0.4 is 5.73 Å². The Morgan fingerprint density at radius 2 is 1.89 bits per heavy atom. The molecule has 1 atom stereocenters. The lowest BCUT2D eigenvalue weighted by atomic mass is 10.1. The van der Waals surface area contributed by atoms with E-state index in [0.29, 0.717) is 17.2 Å².